The van der Waals surface area contributed by atoms with Crippen molar-refractivity contribution in [3.05, 3.63) is 34.9 Å². The number of hydrogen-bond acceptors (Lipinski definition) is 2. The smallest absolute Gasteiger partial charge is 0.407 e. The van der Waals surface area contributed by atoms with Gasteiger partial charge < -0.3 is 14.7 Å². The summed E-state index contributed by atoms with van der Waals surface area (Å²) in [5.41, 5.74) is 0.842. The molecule has 0 aromatic heterocycles. The maximum atomic E-state index is 11.4. The van der Waals surface area contributed by atoms with Gasteiger partial charge in [-0.3, -0.25) is 0 Å². The first-order valence-corrected chi connectivity index (χ1v) is 7.10. The zero-order valence-electron chi connectivity index (χ0n) is 11.8. The molecule has 1 N–H and O–H groups in total. The predicted octanol–water partition coefficient (Wildman–Crippen LogP) is 3.43. The van der Waals surface area contributed by atoms with Crippen LogP contribution in [0.4, 0.5) is 4.79 Å². The van der Waals surface area contributed by atoms with Crippen LogP contribution >= 0.6 is 11.6 Å². The second-order valence-electron chi connectivity index (χ2n) is 5.57. The van der Waals surface area contributed by atoms with Gasteiger partial charge in [0.1, 0.15) is 0 Å². The average Bonchev–Trinajstić information content (AvgIpc) is 2.41. The monoisotopic (exact) mass is 297 g/mol. The molecule has 2 rings (SSSR count). The van der Waals surface area contributed by atoms with Gasteiger partial charge in [0.05, 0.1) is 5.60 Å². The Bertz CT molecular complexity index is 477. The minimum atomic E-state index is -0.859. The molecule has 1 saturated heterocycles. The number of nitrogens with zero attached hydrogens (tertiary/aromatic N) is 1. The summed E-state index contributed by atoms with van der Waals surface area (Å²) in [6, 6.07) is 7.50. The second kappa shape index (κ2) is 6.02. The van der Waals surface area contributed by atoms with Crippen molar-refractivity contribution in [2.75, 3.05) is 13.7 Å². The maximum absolute atomic E-state index is 11.4. The van der Waals surface area contributed by atoms with Gasteiger partial charge in [-0.15, -0.1) is 0 Å². The van der Waals surface area contributed by atoms with E-state index in [1.807, 2.05) is 31.2 Å². The van der Waals surface area contributed by atoms with Gasteiger partial charge in [-0.1, -0.05) is 23.7 Å². The summed E-state index contributed by atoms with van der Waals surface area (Å²) in [6.07, 6.45) is 1.26. The third kappa shape index (κ3) is 3.44. The lowest BCUT2D eigenvalue weighted by atomic mass is 9.85. The maximum Gasteiger partial charge on any atom is 0.407 e. The van der Waals surface area contributed by atoms with Crippen molar-refractivity contribution >= 4 is 17.7 Å². The Labute approximate surface area is 124 Å². The first kappa shape index (κ1) is 15.1. The quantitative estimate of drug-likeness (QED) is 0.930. The van der Waals surface area contributed by atoms with Gasteiger partial charge in [0.15, 0.2) is 0 Å². The number of methoxy groups -OCH3 is 1. The van der Waals surface area contributed by atoms with E-state index in [2.05, 4.69) is 0 Å². The molecular weight excluding hydrogens is 278 g/mol. The van der Waals surface area contributed by atoms with E-state index in [0.717, 1.165) is 12.0 Å². The lowest BCUT2D eigenvalue weighted by molar-refractivity contribution is -0.0578. The van der Waals surface area contributed by atoms with Crippen LogP contribution in [-0.4, -0.2) is 41.4 Å². The number of ether oxygens (including phenoxy) is 1. The van der Waals surface area contributed by atoms with E-state index in [0.29, 0.717) is 24.4 Å². The van der Waals surface area contributed by atoms with Crippen molar-refractivity contribution in [1.82, 2.24) is 4.90 Å². The summed E-state index contributed by atoms with van der Waals surface area (Å²) in [5.74, 6) is 0. The van der Waals surface area contributed by atoms with Crippen LogP contribution in [0.2, 0.25) is 5.02 Å². The molecule has 2 atom stereocenters. The zero-order chi connectivity index (χ0) is 14.8. The van der Waals surface area contributed by atoms with Crippen LogP contribution in [0.1, 0.15) is 25.3 Å². The minimum absolute atomic E-state index is 0.0626. The fourth-order valence-corrected chi connectivity index (χ4v) is 2.89. The van der Waals surface area contributed by atoms with Crippen molar-refractivity contribution in [2.24, 2.45) is 0 Å². The molecule has 0 spiro atoms. The third-order valence-corrected chi connectivity index (χ3v) is 4.36. The number of hydrogen-bond donors (Lipinski definition) is 1. The van der Waals surface area contributed by atoms with Crippen LogP contribution in [0.15, 0.2) is 24.3 Å². The van der Waals surface area contributed by atoms with Crippen LogP contribution < -0.4 is 0 Å². The molecule has 110 valence electrons. The number of likely N-dealkylation sites (tertiary alicyclic amines) is 1. The third-order valence-electron chi connectivity index (χ3n) is 4.11. The second-order valence-corrected chi connectivity index (χ2v) is 6.00. The molecule has 4 nitrogen and oxygen atoms in total. The van der Waals surface area contributed by atoms with E-state index in [-0.39, 0.29) is 11.6 Å². The van der Waals surface area contributed by atoms with Crippen LogP contribution in [0.5, 0.6) is 0 Å². The molecule has 0 radical (unpaired) electrons. The number of piperidine rings is 1. The first-order chi connectivity index (χ1) is 9.43. The highest BCUT2D eigenvalue weighted by atomic mass is 35.5. The van der Waals surface area contributed by atoms with E-state index in [9.17, 15) is 9.90 Å². The summed E-state index contributed by atoms with van der Waals surface area (Å²) in [4.78, 5) is 12.9. The molecule has 0 saturated carbocycles. The van der Waals surface area contributed by atoms with Gasteiger partial charge in [-0.25, -0.2) is 4.79 Å². The van der Waals surface area contributed by atoms with E-state index in [1.165, 1.54) is 4.90 Å². The molecule has 5 heteroatoms. The normalized spacial score (nSPS) is 26.6. The fourth-order valence-electron chi connectivity index (χ4n) is 2.76. The highest BCUT2D eigenvalue weighted by Gasteiger charge is 2.38. The van der Waals surface area contributed by atoms with Crippen LogP contribution in [0.3, 0.4) is 0 Å². The summed E-state index contributed by atoms with van der Waals surface area (Å²) in [6.45, 7) is 2.55. The Morgan fingerprint density at radius 1 is 1.50 bits per heavy atom. The molecule has 1 unspecified atom stereocenters. The molecule has 1 aromatic rings. The molecule has 1 aliphatic heterocycles. The Balaban J connectivity index is 2.15. The van der Waals surface area contributed by atoms with Crippen LogP contribution in [-0.2, 0) is 11.2 Å². The SMILES string of the molecule is COC1(C)CCN(C(=O)O)[C@@H](Cc2ccc(Cl)cc2)C1. The summed E-state index contributed by atoms with van der Waals surface area (Å²) in [5, 5.41) is 10.0. The highest BCUT2D eigenvalue weighted by Crippen LogP contribution is 2.31. The molecule has 1 aliphatic rings. The Hall–Kier alpha value is -1.26. The topological polar surface area (TPSA) is 49.8 Å². The van der Waals surface area contributed by atoms with Crippen molar-refractivity contribution < 1.29 is 14.6 Å². The largest absolute Gasteiger partial charge is 0.465 e. The Kier molecular flexibility index (Phi) is 4.55. The number of benzene rings is 1. The van der Waals surface area contributed by atoms with Gasteiger partial charge in [0, 0.05) is 24.7 Å². The number of halogens is 1. The molecular formula is C15H20ClNO3. The molecule has 1 aromatic carbocycles. The molecule has 0 aliphatic carbocycles. The van der Waals surface area contributed by atoms with Crippen LogP contribution in [0, 0.1) is 0 Å². The van der Waals surface area contributed by atoms with Gasteiger partial charge in [-0.2, -0.15) is 0 Å². The average molecular weight is 298 g/mol. The summed E-state index contributed by atoms with van der Waals surface area (Å²) in [7, 11) is 1.69. The van der Waals surface area contributed by atoms with Gasteiger partial charge in [-0.05, 0) is 43.9 Å². The number of amides is 1. The first-order valence-electron chi connectivity index (χ1n) is 6.73. The fraction of sp³-hybridized carbons (Fsp3) is 0.533. The summed E-state index contributed by atoms with van der Waals surface area (Å²) >= 11 is 5.88. The van der Waals surface area contributed by atoms with E-state index in [4.69, 9.17) is 16.3 Å². The lowest BCUT2D eigenvalue weighted by Gasteiger charge is -2.43. The zero-order valence-corrected chi connectivity index (χ0v) is 12.6. The number of carboxylic acid groups (broad SMARTS) is 1. The van der Waals surface area contributed by atoms with Crippen LogP contribution in [0.25, 0.3) is 0 Å². The van der Waals surface area contributed by atoms with Gasteiger partial charge in [0.25, 0.3) is 0 Å². The van der Waals surface area contributed by atoms with Crippen molar-refractivity contribution in [3.63, 3.8) is 0 Å². The van der Waals surface area contributed by atoms with Crippen molar-refractivity contribution in [1.29, 1.82) is 0 Å². The number of carbonyl (C=O) groups is 1. The van der Waals surface area contributed by atoms with E-state index in [1.54, 1.807) is 7.11 Å². The lowest BCUT2D eigenvalue weighted by Crippen LogP contribution is -2.52. The molecule has 1 heterocycles. The Morgan fingerprint density at radius 3 is 2.70 bits per heavy atom. The molecule has 1 fully saturated rings. The van der Waals surface area contributed by atoms with Gasteiger partial charge in [0.2, 0.25) is 0 Å². The number of rotatable bonds is 3. The summed E-state index contributed by atoms with van der Waals surface area (Å²) < 4.78 is 5.55. The molecule has 1 amide bonds. The standard InChI is InChI=1S/C15H20ClNO3/c1-15(20-2)7-8-17(14(18)19)13(10-15)9-11-3-5-12(16)6-4-11/h3-6,13H,7-10H2,1-2H3,(H,18,19)/t13-,15?/m0/s1. The molecule has 20 heavy (non-hydrogen) atoms. The minimum Gasteiger partial charge on any atom is -0.465 e. The Morgan fingerprint density at radius 2 is 2.15 bits per heavy atom. The van der Waals surface area contributed by atoms with Crippen molar-refractivity contribution in [3.8, 4) is 0 Å². The highest BCUT2D eigenvalue weighted by molar-refractivity contribution is 6.30. The molecule has 0 bridgehead atoms. The van der Waals surface area contributed by atoms with E-state index >= 15 is 0 Å². The predicted molar refractivity (Wildman–Crippen MR) is 78.3 cm³/mol. The van der Waals surface area contributed by atoms with E-state index < -0.39 is 6.09 Å². The van der Waals surface area contributed by atoms with Crippen molar-refractivity contribution in [2.45, 2.75) is 37.8 Å². The van der Waals surface area contributed by atoms with Gasteiger partial charge >= 0.3 is 6.09 Å².